The minimum absolute atomic E-state index is 0.244. The molecule has 0 aromatic carbocycles. The molecule has 1 N–H and O–H groups in total. The molecular weight excluding hydrogens is 421 g/mol. The number of carboxylic acids is 1. The lowest BCUT2D eigenvalue weighted by Gasteiger charge is -2.39. The highest BCUT2D eigenvalue weighted by Crippen LogP contribution is 2.35. The van der Waals surface area contributed by atoms with Crippen LogP contribution in [-0.2, 0) is 23.2 Å². The van der Waals surface area contributed by atoms with Crippen LogP contribution in [0.1, 0.15) is 29.0 Å². The van der Waals surface area contributed by atoms with Crippen molar-refractivity contribution < 1.29 is 27.9 Å². The van der Waals surface area contributed by atoms with Gasteiger partial charge >= 0.3 is 12.1 Å². The van der Waals surface area contributed by atoms with Gasteiger partial charge < -0.3 is 10.0 Å². The lowest BCUT2D eigenvalue weighted by Crippen LogP contribution is -2.52. The van der Waals surface area contributed by atoms with Gasteiger partial charge in [0, 0.05) is 48.6 Å². The van der Waals surface area contributed by atoms with Crippen molar-refractivity contribution in [2.45, 2.75) is 51.0 Å². The lowest BCUT2D eigenvalue weighted by molar-refractivity contribution is -0.192. The smallest absolute Gasteiger partial charge is 0.475 e. The van der Waals surface area contributed by atoms with Crippen molar-refractivity contribution in [3.63, 3.8) is 0 Å². The summed E-state index contributed by atoms with van der Waals surface area (Å²) >= 11 is 1.88. The number of nitrogens with zero attached hydrogens (tertiary/aromatic N) is 4. The first-order chi connectivity index (χ1) is 14.1. The summed E-state index contributed by atoms with van der Waals surface area (Å²) in [4.78, 5) is 28.7. The van der Waals surface area contributed by atoms with E-state index in [1.54, 1.807) is 4.68 Å². The first-order valence-electron chi connectivity index (χ1n) is 9.46. The maximum atomic E-state index is 12.5. The molecule has 30 heavy (non-hydrogen) atoms. The molecule has 2 aromatic heterocycles. The fraction of sp³-hybridized carbons (Fsp3) is 0.526. The number of carbonyl (C=O) groups excluding carboxylic acids is 1. The zero-order valence-corrected chi connectivity index (χ0v) is 17.4. The molecule has 0 spiro atoms. The Bertz CT molecular complexity index is 911. The molecule has 2 aliphatic heterocycles. The van der Waals surface area contributed by atoms with Crippen LogP contribution in [0.25, 0.3) is 0 Å². The molecule has 4 heterocycles. The monoisotopic (exact) mass is 444 g/mol. The number of fused-ring (bicyclic) bond motifs is 1. The van der Waals surface area contributed by atoms with Crippen LogP contribution in [-0.4, -0.2) is 56.5 Å². The van der Waals surface area contributed by atoms with Crippen LogP contribution in [0.2, 0.25) is 0 Å². The Labute approximate surface area is 175 Å². The first kappa shape index (κ1) is 22.3. The third-order valence-corrected chi connectivity index (χ3v) is 6.23. The SMILES string of the molecule is Cc1ccc(CN2CC[C@@H]3[C@H]2CCC(=O)N3c2cnn(C)c2)s1.O=C(O)C(F)(F)F. The number of aryl methyl sites for hydroxylation is 2. The highest BCUT2D eigenvalue weighted by Gasteiger charge is 2.44. The molecule has 7 nitrogen and oxygen atoms in total. The van der Waals surface area contributed by atoms with Crippen molar-refractivity contribution in [2.24, 2.45) is 7.05 Å². The van der Waals surface area contributed by atoms with Crippen LogP contribution >= 0.6 is 11.3 Å². The molecule has 2 fully saturated rings. The molecule has 164 valence electrons. The third-order valence-electron chi connectivity index (χ3n) is 5.25. The van der Waals surface area contributed by atoms with Crippen molar-refractivity contribution >= 4 is 28.9 Å². The molecule has 0 saturated carbocycles. The van der Waals surface area contributed by atoms with Crippen molar-refractivity contribution in [3.05, 3.63) is 34.3 Å². The molecule has 2 atom stereocenters. The number of amides is 1. The van der Waals surface area contributed by atoms with E-state index in [1.807, 2.05) is 35.7 Å². The summed E-state index contributed by atoms with van der Waals surface area (Å²) in [6, 6.07) is 5.19. The number of hydrogen-bond acceptors (Lipinski definition) is 5. The van der Waals surface area contributed by atoms with Gasteiger partial charge in [-0.15, -0.1) is 11.3 Å². The lowest BCUT2D eigenvalue weighted by atomic mass is 9.96. The predicted octanol–water partition coefficient (Wildman–Crippen LogP) is 3.19. The van der Waals surface area contributed by atoms with Crippen LogP contribution in [0.5, 0.6) is 0 Å². The standard InChI is InChI=1S/C17H22N4OS.C2HF3O2/c1-12-3-4-14(23-12)11-20-8-7-16-15(20)5-6-17(22)21(16)13-9-18-19(2)10-13;3-2(4,5)1(6)7/h3-4,9-10,15-16H,5-8,11H2,1-2H3;(H,6,7)/t15-,16-;/m1./s1. The zero-order valence-electron chi connectivity index (χ0n) is 16.6. The average Bonchev–Trinajstić information content (AvgIpc) is 3.36. The average molecular weight is 444 g/mol. The van der Waals surface area contributed by atoms with Gasteiger partial charge in [0.2, 0.25) is 5.91 Å². The highest BCUT2D eigenvalue weighted by molar-refractivity contribution is 7.11. The van der Waals surface area contributed by atoms with Gasteiger partial charge in [-0.1, -0.05) is 0 Å². The number of likely N-dealkylation sites (tertiary alicyclic amines) is 1. The van der Waals surface area contributed by atoms with Crippen LogP contribution in [0.15, 0.2) is 24.5 Å². The van der Waals surface area contributed by atoms with E-state index < -0.39 is 12.1 Å². The molecule has 11 heteroatoms. The number of piperidine rings is 1. The van der Waals surface area contributed by atoms with Gasteiger partial charge in [-0.2, -0.15) is 18.3 Å². The molecule has 2 saturated heterocycles. The van der Waals surface area contributed by atoms with Crippen LogP contribution in [0.3, 0.4) is 0 Å². The second-order valence-electron chi connectivity index (χ2n) is 7.38. The van der Waals surface area contributed by atoms with Crippen LogP contribution in [0, 0.1) is 6.92 Å². The first-order valence-corrected chi connectivity index (χ1v) is 10.3. The molecule has 2 aromatic rings. The minimum Gasteiger partial charge on any atom is -0.475 e. The molecule has 0 bridgehead atoms. The predicted molar refractivity (Wildman–Crippen MR) is 105 cm³/mol. The van der Waals surface area contributed by atoms with Gasteiger partial charge in [0.1, 0.15) is 0 Å². The fourth-order valence-electron chi connectivity index (χ4n) is 3.99. The number of hydrogen-bond donors (Lipinski definition) is 1. The number of aromatic nitrogens is 2. The summed E-state index contributed by atoms with van der Waals surface area (Å²) in [5.74, 6) is -2.51. The number of carbonyl (C=O) groups is 2. The normalized spacial score (nSPS) is 21.9. The van der Waals surface area contributed by atoms with Crippen molar-refractivity contribution in [3.8, 4) is 0 Å². The molecule has 2 aliphatic rings. The summed E-state index contributed by atoms with van der Waals surface area (Å²) in [5, 5.41) is 11.4. The van der Waals surface area contributed by atoms with E-state index in [-0.39, 0.29) is 5.91 Å². The van der Waals surface area contributed by atoms with Gasteiger partial charge in [-0.25, -0.2) is 4.79 Å². The number of alkyl halides is 3. The van der Waals surface area contributed by atoms with Gasteiger partial charge in [-0.05, 0) is 31.9 Å². The number of aliphatic carboxylic acids is 1. The molecule has 1 amide bonds. The van der Waals surface area contributed by atoms with E-state index in [4.69, 9.17) is 9.90 Å². The number of carboxylic acid groups (broad SMARTS) is 1. The summed E-state index contributed by atoms with van der Waals surface area (Å²) in [6.07, 6.45) is 1.34. The number of halogens is 3. The second-order valence-corrected chi connectivity index (χ2v) is 8.76. The molecule has 4 rings (SSSR count). The molecule has 0 aliphatic carbocycles. The Morgan fingerprint density at radius 1 is 1.30 bits per heavy atom. The van der Waals surface area contributed by atoms with Gasteiger partial charge in [0.15, 0.2) is 0 Å². The summed E-state index contributed by atoms with van der Waals surface area (Å²) in [7, 11) is 1.90. The number of anilines is 1. The third kappa shape index (κ3) is 5.01. The summed E-state index contributed by atoms with van der Waals surface area (Å²) in [5.41, 5.74) is 0.945. The van der Waals surface area contributed by atoms with E-state index in [1.165, 1.54) is 9.75 Å². The van der Waals surface area contributed by atoms with Crippen molar-refractivity contribution in [2.75, 3.05) is 11.4 Å². The highest BCUT2D eigenvalue weighted by atomic mass is 32.1. The maximum absolute atomic E-state index is 12.5. The topological polar surface area (TPSA) is 78.7 Å². The van der Waals surface area contributed by atoms with E-state index in [0.717, 1.165) is 31.6 Å². The Balaban J connectivity index is 0.000000318. The Kier molecular flexibility index (Phi) is 6.51. The Hall–Kier alpha value is -2.40. The zero-order chi connectivity index (χ0) is 22.1. The fourth-order valence-corrected chi connectivity index (χ4v) is 4.90. The van der Waals surface area contributed by atoms with Crippen LogP contribution in [0.4, 0.5) is 18.9 Å². The van der Waals surface area contributed by atoms with E-state index in [0.29, 0.717) is 18.5 Å². The Morgan fingerprint density at radius 3 is 2.53 bits per heavy atom. The minimum atomic E-state index is -5.08. The van der Waals surface area contributed by atoms with E-state index >= 15 is 0 Å². The Morgan fingerprint density at radius 2 is 2.00 bits per heavy atom. The van der Waals surface area contributed by atoms with E-state index in [2.05, 4.69) is 29.1 Å². The van der Waals surface area contributed by atoms with Crippen LogP contribution < -0.4 is 4.90 Å². The van der Waals surface area contributed by atoms with Crippen molar-refractivity contribution in [1.29, 1.82) is 0 Å². The molecule has 0 radical (unpaired) electrons. The van der Waals surface area contributed by atoms with Crippen molar-refractivity contribution in [1.82, 2.24) is 14.7 Å². The van der Waals surface area contributed by atoms with Gasteiger partial charge in [0.25, 0.3) is 0 Å². The number of rotatable bonds is 3. The molecule has 0 unspecified atom stereocenters. The maximum Gasteiger partial charge on any atom is 0.490 e. The second kappa shape index (κ2) is 8.76. The molecular formula is C19H23F3N4O3S. The van der Waals surface area contributed by atoms with Gasteiger partial charge in [0.05, 0.1) is 17.9 Å². The largest absolute Gasteiger partial charge is 0.490 e. The van der Waals surface area contributed by atoms with E-state index in [9.17, 15) is 18.0 Å². The summed E-state index contributed by atoms with van der Waals surface area (Å²) in [6.45, 7) is 4.23. The quantitative estimate of drug-likeness (QED) is 0.787. The van der Waals surface area contributed by atoms with Gasteiger partial charge in [-0.3, -0.25) is 14.4 Å². The summed E-state index contributed by atoms with van der Waals surface area (Å²) < 4.78 is 33.5. The number of thiophene rings is 1.